The predicted molar refractivity (Wildman–Crippen MR) is 63.2 cm³/mol. The van der Waals surface area contributed by atoms with Crippen LogP contribution in [-0.2, 0) is 4.79 Å². The van der Waals surface area contributed by atoms with Crippen molar-refractivity contribution >= 4 is 40.5 Å². The maximum atomic E-state index is 10.8. The molecule has 1 rings (SSSR count). The van der Waals surface area contributed by atoms with Crippen molar-refractivity contribution in [2.24, 2.45) is 5.73 Å². The summed E-state index contributed by atoms with van der Waals surface area (Å²) in [6, 6.07) is 2.54. The molecule has 82 valence electrons. The lowest BCUT2D eigenvalue weighted by molar-refractivity contribution is -0.118. The van der Waals surface area contributed by atoms with E-state index >= 15 is 0 Å². The highest BCUT2D eigenvalue weighted by molar-refractivity contribution is 6.42. The van der Waals surface area contributed by atoms with E-state index in [9.17, 15) is 4.79 Å². The number of rotatable bonds is 3. The summed E-state index contributed by atoms with van der Waals surface area (Å²) in [7, 11) is 0. The average molecular weight is 248 g/mol. The normalized spacial score (nSPS) is 12.2. The van der Waals surface area contributed by atoms with Crippen molar-refractivity contribution in [3.05, 3.63) is 22.2 Å². The Kier molecular flexibility index (Phi) is 3.66. The van der Waals surface area contributed by atoms with E-state index in [0.29, 0.717) is 21.4 Å². The molecule has 0 radical (unpaired) electrons. The highest BCUT2D eigenvalue weighted by Crippen LogP contribution is 2.30. The van der Waals surface area contributed by atoms with Crippen LogP contribution in [0.4, 0.5) is 11.4 Å². The second-order valence-corrected chi connectivity index (χ2v) is 3.94. The maximum Gasteiger partial charge on any atom is 0.239 e. The van der Waals surface area contributed by atoms with Crippen LogP contribution in [0.5, 0.6) is 0 Å². The van der Waals surface area contributed by atoms with Crippen molar-refractivity contribution in [2.45, 2.75) is 13.0 Å². The molecular formula is C9H11Cl2N3O. The second-order valence-electron chi connectivity index (χ2n) is 3.12. The van der Waals surface area contributed by atoms with Gasteiger partial charge in [0.2, 0.25) is 5.91 Å². The average Bonchev–Trinajstić information content (AvgIpc) is 2.13. The summed E-state index contributed by atoms with van der Waals surface area (Å²) >= 11 is 11.6. The lowest BCUT2D eigenvalue weighted by atomic mass is 10.2. The van der Waals surface area contributed by atoms with Gasteiger partial charge in [-0.05, 0) is 19.1 Å². The van der Waals surface area contributed by atoms with Crippen LogP contribution in [0.25, 0.3) is 0 Å². The predicted octanol–water partition coefficient (Wildman–Crippen LogP) is 1.86. The van der Waals surface area contributed by atoms with Gasteiger partial charge >= 0.3 is 0 Å². The summed E-state index contributed by atoms with van der Waals surface area (Å²) in [5.41, 5.74) is 11.7. The molecule has 0 unspecified atom stereocenters. The van der Waals surface area contributed by atoms with Gasteiger partial charge in [0, 0.05) is 0 Å². The van der Waals surface area contributed by atoms with Gasteiger partial charge in [-0.1, -0.05) is 23.2 Å². The first-order chi connectivity index (χ1) is 6.91. The summed E-state index contributed by atoms with van der Waals surface area (Å²) < 4.78 is 0. The Morgan fingerprint density at radius 2 is 1.93 bits per heavy atom. The number of nitrogen functional groups attached to an aromatic ring is 1. The minimum Gasteiger partial charge on any atom is -0.397 e. The largest absolute Gasteiger partial charge is 0.397 e. The summed E-state index contributed by atoms with van der Waals surface area (Å²) in [5, 5.41) is 3.57. The van der Waals surface area contributed by atoms with Gasteiger partial charge in [-0.25, -0.2) is 0 Å². The number of nitrogens with two attached hydrogens (primary N) is 2. The Bertz CT molecular complexity index is 395. The molecule has 4 nitrogen and oxygen atoms in total. The van der Waals surface area contributed by atoms with Crippen LogP contribution in [0, 0.1) is 0 Å². The smallest absolute Gasteiger partial charge is 0.239 e. The molecule has 0 aliphatic rings. The van der Waals surface area contributed by atoms with Gasteiger partial charge in [-0.2, -0.15) is 0 Å². The van der Waals surface area contributed by atoms with E-state index in [1.54, 1.807) is 13.0 Å². The van der Waals surface area contributed by atoms with E-state index < -0.39 is 11.9 Å². The zero-order valence-corrected chi connectivity index (χ0v) is 9.56. The molecule has 0 aliphatic carbocycles. The number of nitrogens with one attached hydrogen (secondary N) is 1. The van der Waals surface area contributed by atoms with E-state index in [1.807, 2.05) is 0 Å². The number of carbonyl (C=O) groups is 1. The van der Waals surface area contributed by atoms with Crippen molar-refractivity contribution in [1.82, 2.24) is 0 Å². The van der Waals surface area contributed by atoms with Crippen LogP contribution in [-0.4, -0.2) is 11.9 Å². The number of hydrogen-bond donors (Lipinski definition) is 3. The molecule has 5 N–H and O–H groups in total. The monoisotopic (exact) mass is 247 g/mol. The third kappa shape index (κ3) is 2.91. The van der Waals surface area contributed by atoms with Crippen LogP contribution in [0.2, 0.25) is 10.0 Å². The SMILES string of the molecule is C[C@H](Nc1cc(Cl)c(Cl)cc1N)C(N)=O. The number of carbonyl (C=O) groups excluding carboxylic acids is 1. The van der Waals surface area contributed by atoms with Crippen molar-refractivity contribution < 1.29 is 4.79 Å². The number of benzene rings is 1. The van der Waals surface area contributed by atoms with Crippen molar-refractivity contribution in [3.8, 4) is 0 Å². The van der Waals surface area contributed by atoms with Gasteiger partial charge in [0.15, 0.2) is 0 Å². The van der Waals surface area contributed by atoms with Crippen molar-refractivity contribution in [2.75, 3.05) is 11.1 Å². The maximum absolute atomic E-state index is 10.8. The zero-order chi connectivity index (χ0) is 11.6. The molecule has 1 atom stereocenters. The number of halogens is 2. The highest BCUT2D eigenvalue weighted by atomic mass is 35.5. The van der Waals surface area contributed by atoms with Gasteiger partial charge in [0.1, 0.15) is 6.04 Å². The van der Waals surface area contributed by atoms with Gasteiger partial charge in [0.25, 0.3) is 0 Å². The molecule has 1 amide bonds. The molecular weight excluding hydrogens is 237 g/mol. The molecule has 15 heavy (non-hydrogen) atoms. The Morgan fingerprint density at radius 1 is 1.40 bits per heavy atom. The Hall–Kier alpha value is -1.13. The van der Waals surface area contributed by atoms with E-state index in [0.717, 1.165) is 0 Å². The van der Waals surface area contributed by atoms with E-state index in [1.165, 1.54) is 6.07 Å². The quantitative estimate of drug-likeness (QED) is 0.714. The fraction of sp³-hybridized carbons (Fsp3) is 0.222. The molecule has 1 aromatic carbocycles. The van der Waals surface area contributed by atoms with Gasteiger partial charge in [0.05, 0.1) is 21.4 Å². The molecule has 0 fully saturated rings. The lowest BCUT2D eigenvalue weighted by Crippen LogP contribution is -2.32. The zero-order valence-electron chi connectivity index (χ0n) is 8.05. The molecule has 0 aliphatic heterocycles. The molecule has 6 heteroatoms. The fourth-order valence-corrected chi connectivity index (χ4v) is 1.33. The first kappa shape index (κ1) is 11.9. The molecule has 0 aromatic heterocycles. The van der Waals surface area contributed by atoms with Crippen molar-refractivity contribution in [1.29, 1.82) is 0 Å². The first-order valence-electron chi connectivity index (χ1n) is 4.22. The minimum atomic E-state index is -0.524. The van der Waals surface area contributed by atoms with Crippen LogP contribution in [0.15, 0.2) is 12.1 Å². The Morgan fingerprint density at radius 3 is 2.47 bits per heavy atom. The molecule has 0 bridgehead atoms. The summed E-state index contributed by atoms with van der Waals surface area (Å²) in [6.07, 6.45) is 0. The summed E-state index contributed by atoms with van der Waals surface area (Å²) in [4.78, 5) is 10.8. The van der Waals surface area contributed by atoms with Crippen molar-refractivity contribution in [3.63, 3.8) is 0 Å². The first-order valence-corrected chi connectivity index (χ1v) is 4.97. The molecule has 1 aromatic rings. The summed E-state index contributed by atoms with van der Waals surface area (Å²) in [5.74, 6) is -0.472. The molecule has 0 spiro atoms. The lowest BCUT2D eigenvalue weighted by Gasteiger charge is -2.14. The molecule has 0 heterocycles. The number of amides is 1. The molecule has 0 saturated carbocycles. The van der Waals surface area contributed by atoms with Crippen LogP contribution >= 0.6 is 23.2 Å². The van der Waals surface area contributed by atoms with Gasteiger partial charge < -0.3 is 16.8 Å². The van der Waals surface area contributed by atoms with Gasteiger partial charge in [-0.15, -0.1) is 0 Å². The minimum absolute atomic E-state index is 0.366. The number of hydrogen-bond acceptors (Lipinski definition) is 3. The molecule has 0 saturated heterocycles. The second kappa shape index (κ2) is 4.59. The van der Waals surface area contributed by atoms with Gasteiger partial charge in [-0.3, -0.25) is 4.79 Å². The summed E-state index contributed by atoms with van der Waals surface area (Å²) in [6.45, 7) is 1.63. The fourth-order valence-electron chi connectivity index (χ4n) is 0.992. The van der Waals surface area contributed by atoms with E-state index in [4.69, 9.17) is 34.7 Å². The van der Waals surface area contributed by atoms with Crippen LogP contribution in [0.1, 0.15) is 6.92 Å². The van der Waals surface area contributed by atoms with E-state index in [-0.39, 0.29) is 0 Å². The number of anilines is 2. The highest BCUT2D eigenvalue weighted by Gasteiger charge is 2.11. The topological polar surface area (TPSA) is 81.1 Å². The Balaban J connectivity index is 2.95. The number of primary amides is 1. The third-order valence-electron chi connectivity index (χ3n) is 1.89. The Labute approximate surface area is 97.5 Å². The van der Waals surface area contributed by atoms with E-state index in [2.05, 4.69) is 5.32 Å². The van der Waals surface area contributed by atoms with Crippen LogP contribution < -0.4 is 16.8 Å². The third-order valence-corrected chi connectivity index (χ3v) is 2.61. The van der Waals surface area contributed by atoms with Crippen LogP contribution in [0.3, 0.4) is 0 Å². The standard InChI is InChI=1S/C9H11Cl2N3O/c1-4(9(13)15)14-8-3-6(11)5(10)2-7(8)12/h2-4,14H,12H2,1H3,(H2,13,15)/t4-/m0/s1.